The molecule has 2 heterocycles. The first-order valence-electron chi connectivity index (χ1n) is 24.9. The van der Waals surface area contributed by atoms with Crippen molar-refractivity contribution < 1.29 is 62.5 Å². The molecule has 2 N–H and O–H groups in total. The van der Waals surface area contributed by atoms with E-state index in [0.29, 0.717) is 83.9 Å². The molecule has 0 unspecified atom stereocenters. The summed E-state index contributed by atoms with van der Waals surface area (Å²) in [6, 6.07) is 27.1. The Labute approximate surface area is 431 Å². The van der Waals surface area contributed by atoms with Crippen molar-refractivity contribution in [2.24, 2.45) is 22.9 Å². The van der Waals surface area contributed by atoms with Gasteiger partial charge in [0.25, 0.3) is 11.4 Å². The minimum Gasteiger partial charge on any atom is -0.489 e. The fourth-order valence-electron chi connectivity index (χ4n) is 10.7. The fourth-order valence-corrected chi connectivity index (χ4v) is 10.7. The van der Waals surface area contributed by atoms with Crippen molar-refractivity contribution in [1.82, 2.24) is 4.90 Å². The number of ether oxygens (including phenoxy) is 6. The number of aliphatic hydroxyl groups excluding tert-OH is 2. The number of hydrogen-bond donors (Lipinski definition) is 2. The van der Waals surface area contributed by atoms with Crippen LogP contribution in [0.3, 0.4) is 0 Å². The first kappa shape index (κ1) is 52.0. The SMILES string of the molecule is C=CCO[C@@]12Oc3ccc(OCc4ccccc4F)cc3[C@H]3[C@H](CCCCO)[C@@H](CCCCO)C=C(C(=NOCc4ccc([N+](=O)[O-])cc4)C[C@@H]1N(Cc1ccc4c(c1)OCO4)C(=O)Oc1ccc([N+](=O)[O-])cc1)[C@H]32. The lowest BCUT2D eigenvalue weighted by Gasteiger charge is -2.59. The Hall–Kier alpha value is -7.87. The zero-order chi connectivity index (χ0) is 52.5. The van der Waals surface area contributed by atoms with Gasteiger partial charge in [-0.15, -0.1) is 6.58 Å². The summed E-state index contributed by atoms with van der Waals surface area (Å²) < 4.78 is 53.3. The molecule has 9 rings (SSSR count). The number of nitro groups is 2. The minimum absolute atomic E-state index is 0.00244. The van der Waals surface area contributed by atoms with E-state index in [1.165, 1.54) is 47.4 Å². The van der Waals surface area contributed by atoms with E-state index < -0.39 is 45.4 Å². The standard InChI is InChI=1S/C56H57FN4O14/c1-2-27-72-56-52(59(32-37-15-23-50-51(28-37)71-35-70-50)55(64)74-42-20-18-41(19-21-42)61(67)68)31-48(58-73-33-36-13-16-40(17-14-36)60(65)66)45-29-38(9-5-7-25-62)44(11-6-8-26-63)53(54(45)56)46-30-43(22-24-49(46)75-56)69-34-39-10-3-4-12-47(39)57/h2-4,10,12-24,28-30,38,44,52-54,62-63H,1,5-9,11,25-27,31-35H2/t38-,44+,52-,53+,54+,56+/m0/s1. The van der Waals surface area contributed by atoms with E-state index in [4.69, 9.17) is 38.4 Å². The van der Waals surface area contributed by atoms with Crippen molar-refractivity contribution >= 4 is 23.2 Å². The normalized spacial score (nSPS) is 21.5. The van der Waals surface area contributed by atoms with Crippen LogP contribution in [0.25, 0.3) is 0 Å². The van der Waals surface area contributed by atoms with Gasteiger partial charge in [0.15, 0.2) is 11.5 Å². The van der Waals surface area contributed by atoms with Crippen LogP contribution < -0.4 is 23.7 Å². The number of non-ortho nitro benzene ring substituents is 2. The maximum atomic E-state index is 15.3. The number of rotatable bonds is 23. The first-order chi connectivity index (χ1) is 36.5. The first-order valence-corrected chi connectivity index (χ1v) is 24.9. The van der Waals surface area contributed by atoms with Gasteiger partial charge in [0.2, 0.25) is 12.6 Å². The van der Waals surface area contributed by atoms with Crippen LogP contribution >= 0.6 is 0 Å². The molecular weight excluding hydrogens is 972 g/mol. The highest BCUT2D eigenvalue weighted by molar-refractivity contribution is 6.03. The number of nitro benzene ring substituents is 2. The molecule has 1 saturated carbocycles. The molecule has 0 bridgehead atoms. The van der Waals surface area contributed by atoms with E-state index in [1.54, 1.807) is 66.7 Å². The lowest BCUT2D eigenvalue weighted by molar-refractivity contribution is -0.385. The zero-order valence-electron chi connectivity index (χ0n) is 41.0. The quantitative estimate of drug-likeness (QED) is 0.0269. The second-order valence-corrected chi connectivity index (χ2v) is 18.8. The molecule has 6 atom stereocenters. The molecule has 4 aliphatic rings. The van der Waals surface area contributed by atoms with Crippen molar-refractivity contribution in [1.29, 1.82) is 0 Å². The molecule has 5 aromatic rings. The van der Waals surface area contributed by atoms with Crippen LogP contribution in [0.1, 0.15) is 73.1 Å². The molecule has 0 radical (unpaired) electrons. The Morgan fingerprint density at radius 3 is 2.23 bits per heavy atom. The molecule has 5 aromatic carbocycles. The summed E-state index contributed by atoms with van der Waals surface area (Å²) in [6.45, 7) is 3.73. The Balaban J connectivity index is 1.23. The Kier molecular flexibility index (Phi) is 16.3. The van der Waals surface area contributed by atoms with Gasteiger partial charge in [-0.1, -0.05) is 54.4 Å². The lowest BCUT2D eigenvalue weighted by Crippen LogP contribution is -2.70. The maximum Gasteiger partial charge on any atom is 0.416 e. The second kappa shape index (κ2) is 23.6. The maximum absolute atomic E-state index is 15.3. The number of amides is 1. The summed E-state index contributed by atoms with van der Waals surface area (Å²) in [6.07, 6.45) is 6.64. The van der Waals surface area contributed by atoms with Gasteiger partial charge in [0.05, 0.1) is 28.1 Å². The highest BCUT2D eigenvalue weighted by Crippen LogP contribution is 2.62. The molecular formula is C56H57FN4O14. The van der Waals surface area contributed by atoms with Crippen LogP contribution in [-0.4, -0.2) is 75.2 Å². The number of allylic oxidation sites excluding steroid dienone is 1. The van der Waals surface area contributed by atoms with Crippen molar-refractivity contribution in [2.45, 2.75) is 82.5 Å². The Morgan fingerprint density at radius 2 is 1.51 bits per heavy atom. The van der Waals surface area contributed by atoms with Crippen LogP contribution in [0.4, 0.5) is 20.6 Å². The summed E-state index contributed by atoms with van der Waals surface area (Å²) >= 11 is 0. The molecule has 18 nitrogen and oxygen atoms in total. The van der Waals surface area contributed by atoms with Crippen LogP contribution in [-0.2, 0) is 29.3 Å². The molecule has 0 aromatic heterocycles. The number of carbonyl (C=O) groups is 1. The van der Waals surface area contributed by atoms with Gasteiger partial charge >= 0.3 is 6.09 Å². The predicted molar refractivity (Wildman–Crippen MR) is 271 cm³/mol. The number of fused-ring (bicyclic) bond motifs is 3. The second-order valence-electron chi connectivity index (χ2n) is 18.8. The zero-order valence-corrected chi connectivity index (χ0v) is 41.0. The molecule has 0 spiro atoms. The van der Waals surface area contributed by atoms with Crippen LogP contribution in [0.15, 0.2) is 139 Å². The highest BCUT2D eigenvalue weighted by atomic mass is 19.1. The number of oxime groups is 1. The summed E-state index contributed by atoms with van der Waals surface area (Å²) in [7, 11) is 0. The largest absolute Gasteiger partial charge is 0.489 e. The van der Waals surface area contributed by atoms with Gasteiger partial charge in [-0.25, -0.2) is 9.18 Å². The van der Waals surface area contributed by atoms with E-state index in [1.807, 2.05) is 6.07 Å². The lowest BCUT2D eigenvalue weighted by atomic mass is 9.55. The van der Waals surface area contributed by atoms with Gasteiger partial charge in [-0.05, 0) is 115 Å². The highest BCUT2D eigenvalue weighted by Gasteiger charge is 2.66. The molecule has 2 aliphatic carbocycles. The number of benzene rings is 5. The number of nitrogens with zero attached hydrogens (tertiary/aromatic N) is 4. The van der Waals surface area contributed by atoms with Crippen molar-refractivity contribution in [3.63, 3.8) is 0 Å². The Bertz CT molecular complexity index is 2930. The number of unbranched alkanes of at least 4 members (excludes halogenated alkanes) is 2. The summed E-state index contributed by atoms with van der Waals surface area (Å²) in [5, 5.41) is 48.1. The third kappa shape index (κ3) is 11.4. The molecule has 392 valence electrons. The molecule has 0 saturated heterocycles. The summed E-state index contributed by atoms with van der Waals surface area (Å²) in [5.41, 5.74) is 3.25. The molecule has 1 amide bonds. The van der Waals surface area contributed by atoms with Gasteiger partial charge in [0.1, 0.15) is 42.3 Å². The van der Waals surface area contributed by atoms with Crippen molar-refractivity contribution in [3.05, 3.63) is 182 Å². The van der Waals surface area contributed by atoms with Crippen LogP contribution in [0.2, 0.25) is 0 Å². The average Bonchev–Trinajstić information content (AvgIpc) is 3.95. The minimum atomic E-state index is -1.74. The Morgan fingerprint density at radius 1 is 0.827 bits per heavy atom. The van der Waals surface area contributed by atoms with Crippen LogP contribution in [0, 0.1) is 43.8 Å². The van der Waals surface area contributed by atoms with E-state index in [0.717, 1.165) is 11.1 Å². The van der Waals surface area contributed by atoms with Crippen LogP contribution in [0.5, 0.6) is 28.7 Å². The van der Waals surface area contributed by atoms with E-state index in [-0.39, 0.29) is 81.8 Å². The fraction of sp³-hybridized carbons (Fsp3) is 0.357. The third-order valence-electron chi connectivity index (χ3n) is 14.2. The van der Waals surface area contributed by atoms with Crippen molar-refractivity contribution in [2.75, 3.05) is 26.6 Å². The number of halogens is 1. The summed E-state index contributed by atoms with van der Waals surface area (Å²) in [4.78, 5) is 45.0. The topological polar surface area (TPSA) is 224 Å². The summed E-state index contributed by atoms with van der Waals surface area (Å²) in [5.74, 6) is -1.74. The van der Waals surface area contributed by atoms with E-state index >= 15 is 4.79 Å². The van der Waals surface area contributed by atoms with Crippen molar-refractivity contribution in [3.8, 4) is 28.7 Å². The van der Waals surface area contributed by atoms with Gasteiger partial charge in [-0.3, -0.25) is 25.1 Å². The molecule has 2 aliphatic heterocycles. The molecule has 1 fully saturated rings. The van der Waals surface area contributed by atoms with E-state index in [9.17, 15) is 34.8 Å². The number of aliphatic hydroxyl groups is 2. The number of hydrogen-bond acceptors (Lipinski definition) is 15. The molecule has 75 heavy (non-hydrogen) atoms. The number of carbonyl (C=O) groups excluding carboxylic acids is 1. The van der Waals surface area contributed by atoms with Gasteiger partial charge in [0, 0.05) is 67.5 Å². The monoisotopic (exact) mass is 1030 g/mol. The third-order valence-corrected chi connectivity index (χ3v) is 14.2. The predicted octanol–water partition coefficient (Wildman–Crippen LogP) is 10.5. The smallest absolute Gasteiger partial charge is 0.416 e. The molecule has 19 heteroatoms. The average molecular weight is 1030 g/mol. The van der Waals surface area contributed by atoms with Gasteiger partial charge < -0.3 is 43.5 Å². The van der Waals surface area contributed by atoms with Gasteiger partial charge in [-0.2, -0.15) is 0 Å². The van der Waals surface area contributed by atoms with E-state index in [2.05, 4.69) is 12.7 Å².